The smallest absolute Gasteiger partial charge is 0.134 e. The zero-order chi connectivity index (χ0) is 10.2. The van der Waals surface area contributed by atoms with E-state index >= 15 is 0 Å². The van der Waals surface area contributed by atoms with Crippen LogP contribution in [0, 0.1) is 0 Å². The molecule has 0 fully saturated rings. The quantitative estimate of drug-likeness (QED) is 0.664. The van der Waals surface area contributed by atoms with Gasteiger partial charge in [-0.25, -0.2) is 4.98 Å². The Labute approximate surface area is 85.3 Å². The second kappa shape index (κ2) is 6.56. The Morgan fingerprint density at radius 3 is 3.07 bits per heavy atom. The number of aromatic nitrogens is 2. The van der Waals surface area contributed by atoms with Crippen LogP contribution in [-0.2, 0) is 17.9 Å². The Morgan fingerprint density at radius 2 is 2.36 bits per heavy atom. The predicted molar refractivity (Wildman–Crippen MR) is 56.1 cm³/mol. The fraction of sp³-hybridized carbons (Fsp3) is 0.700. The summed E-state index contributed by atoms with van der Waals surface area (Å²) in [5, 5.41) is 3.20. The summed E-state index contributed by atoms with van der Waals surface area (Å²) < 4.78 is 7.57. The summed E-state index contributed by atoms with van der Waals surface area (Å²) in [5.74, 6) is 1.00. The average Bonchev–Trinajstić information content (AvgIpc) is 2.65. The van der Waals surface area contributed by atoms with Gasteiger partial charge in [-0.3, -0.25) is 0 Å². The van der Waals surface area contributed by atoms with E-state index < -0.39 is 0 Å². The van der Waals surface area contributed by atoms with Gasteiger partial charge >= 0.3 is 0 Å². The molecule has 4 nitrogen and oxygen atoms in total. The lowest BCUT2D eigenvalue weighted by atomic mass is 10.6. The van der Waals surface area contributed by atoms with E-state index in [-0.39, 0.29) is 0 Å². The first-order valence-electron chi connectivity index (χ1n) is 5.17. The maximum Gasteiger partial charge on any atom is 0.134 e. The summed E-state index contributed by atoms with van der Waals surface area (Å²) in [7, 11) is 0. The highest BCUT2D eigenvalue weighted by Crippen LogP contribution is 1.98. The molecule has 4 heteroatoms. The van der Waals surface area contributed by atoms with Crippen molar-refractivity contribution in [3.63, 3.8) is 0 Å². The number of nitrogens with zero attached hydrogens (tertiary/aromatic N) is 2. The largest absolute Gasteiger partial charge is 0.372 e. The molecule has 1 rings (SSSR count). The first kappa shape index (κ1) is 11.2. The minimum atomic E-state index is 0.603. The van der Waals surface area contributed by atoms with E-state index in [0.717, 1.165) is 32.1 Å². The lowest BCUT2D eigenvalue weighted by Crippen LogP contribution is -2.19. The molecule has 1 N–H and O–H groups in total. The summed E-state index contributed by atoms with van der Waals surface area (Å²) >= 11 is 0. The Morgan fingerprint density at radius 1 is 1.50 bits per heavy atom. The summed E-state index contributed by atoms with van der Waals surface area (Å²) in [6.07, 6.45) is 3.79. The summed E-state index contributed by atoms with van der Waals surface area (Å²) in [4.78, 5) is 4.22. The molecule has 0 amide bonds. The molecule has 0 aromatic carbocycles. The third-order valence-corrected chi connectivity index (χ3v) is 2.05. The average molecular weight is 197 g/mol. The van der Waals surface area contributed by atoms with E-state index in [1.165, 1.54) is 0 Å². The second-order valence-corrected chi connectivity index (χ2v) is 3.04. The summed E-state index contributed by atoms with van der Waals surface area (Å²) in [5.41, 5.74) is 0. The van der Waals surface area contributed by atoms with Crippen molar-refractivity contribution in [2.24, 2.45) is 0 Å². The van der Waals surface area contributed by atoms with Crippen molar-refractivity contribution in [2.45, 2.75) is 27.0 Å². The molecule has 0 aliphatic carbocycles. The van der Waals surface area contributed by atoms with Crippen molar-refractivity contribution in [2.75, 3.05) is 19.7 Å². The standard InChI is InChI=1S/C10H19N3O/c1-3-11-6-8-14-9-10-12-5-7-13(10)4-2/h5,7,11H,3-4,6,8-9H2,1-2H3. The molecule has 0 atom stereocenters. The van der Waals surface area contributed by atoms with Crippen LogP contribution < -0.4 is 5.32 Å². The van der Waals surface area contributed by atoms with Gasteiger partial charge in [0.15, 0.2) is 0 Å². The Balaban J connectivity index is 2.17. The number of imidazole rings is 1. The van der Waals surface area contributed by atoms with Crippen LogP contribution >= 0.6 is 0 Å². The van der Waals surface area contributed by atoms with Crippen molar-refractivity contribution in [3.05, 3.63) is 18.2 Å². The number of nitrogens with one attached hydrogen (secondary N) is 1. The molecular formula is C10H19N3O. The van der Waals surface area contributed by atoms with Crippen molar-refractivity contribution in [1.29, 1.82) is 0 Å². The van der Waals surface area contributed by atoms with Crippen LogP contribution in [0.15, 0.2) is 12.4 Å². The van der Waals surface area contributed by atoms with Gasteiger partial charge in [0.25, 0.3) is 0 Å². The van der Waals surface area contributed by atoms with Crippen LogP contribution in [0.25, 0.3) is 0 Å². The van der Waals surface area contributed by atoms with Gasteiger partial charge in [0.1, 0.15) is 12.4 Å². The molecule has 1 aromatic heterocycles. The first-order chi connectivity index (χ1) is 6.88. The topological polar surface area (TPSA) is 39.1 Å². The van der Waals surface area contributed by atoms with Gasteiger partial charge in [0.05, 0.1) is 6.61 Å². The van der Waals surface area contributed by atoms with Gasteiger partial charge in [0, 0.05) is 25.5 Å². The predicted octanol–water partition coefficient (Wildman–Crippen LogP) is 1.03. The Hall–Kier alpha value is -0.870. The fourth-order valence-electron chi connectivity index (χ4n) is 1.25. The SMILES string of the molecule is CCNCCOCc1nccn1CC. The molecule has 80 valence electrons. The molecule has 1 aromatic rings. The summed E-state index contributed by atoms with van der Waals surface area (Å²) in [6, 6.07) is 0. The van der Waals surface area contributed by atoms with Crippen LogP contribution in [0.4, 0.5) is 0 Å². The summed E-state index contributed by atoms with van der Waals surface area (Å²) in [6.45, 7) is 8.38. The van der Waals surface area contributed by atoms with E-state index in [2.05, 4.69) is 28.7 Å². The number of rotatable bonds is 7. The molecule has 0 aliphatic heterocycles. The normalized spacial score (nSPS) is 10.7. The van der Waals surface area contributed by atoms with Gasteiger partial charge in [0.2, 0.25) is 0 Å². The van der Waals surface area contributed by atoms with Crippen LogP contribution in [0.5, 0.6) is 0 Å². The van der Waals surface area contributed by atoms with Gasteiger partial charge in [-0.15, -0.1) is 0 Å². The van der Waals surface area contributed by atoms with Gasteiger partial charge in [-0.05, 0) is 13.5 Å². The molecule has 0 bridgehead atoms. The zero-order valence-corrected chi connectivity index (χ0v) is 8.99. The molecule has 0 radical (unpaired) electrons. The van der Waals surface area contributed by atoms with Gasteiger partial charge < -0.3 is 14.6 Å². The highest BCUT2D eigenvalue weighted by Gasteiger charge is 1.99. The Kier molecular flexibility index (Phi) is 5.25. The lowest BCUT2D eigenvalue weighted by Gasteiger charge is -2.06. The van der Waals surface area contributed by atoms with Crippen molar-refractivity contribution in [1.82, 2.24) is 14.9 Å². The molecule has 0 spiro atoms. The van der Waals surface area contributed by atoms with Crippen LogP contribution in [0.1, 0.15) is 19.7 Å². The molecule has 1 heterocycles. The van der Waals surface area contributed by atoms with E-state index in [1.807, 2.05) is 12.4 Å². The third kappa shape index (κ3) is 3.47. The maximum absolute atomic E-state index is 5.48. The van der Waals surface area contributed by atoms with E-state index in [9.17, 15) is 0 Å². The molecule has 0 aliphatic rings. The van der Waals surface area contributed by atoms with E-state index in [0.29, 0.717) is 6.61 Å². The van der Waals surface area contributed by atoms with Gasteiger partial charge in [-0.2, -0.15) is 0 Å². The lowest BCUT2D eigenvalue weighted by molar-refractivity contribution is 0.115. The highest BCUT2D eigenvalue weighted by molar-refractivity contribution is 4.89. The minimum absolute atomic E-state index is 0.603. The van der Waals surface area contributed by atoms with Crippen molar-refractivity contribution >= 4 is 0 Å². The molecule has 0 unspecified atom stereocenters. The molecule has 0 saturated heterocycles. The third-order valence-electron chi connectivity index (χ3n) is 2.05. The number of hydrogen-bond acceptors (Lipinski definition) is 3. The van der Waals surface area contributed by atoms with Crippen molar-refractivity contribution < 1.29 is 4.74 Å². The molecule has 14 heavy (non-hydrogen) atoms. The number of aryl methyl sites for hydroxylation is 1. The second-order valence-electron chi connectivity index (χ2n) is 3.04. The first-order valence-corrected chi connectivity index (χ1v) is 5.17. The number of likely N-dealkylation sites (N-methyl/N-ethyl adjacent to an activating group) is 1. The van der Waals surface area contributed by atoms with Crippen molar-refractivity contribution in [3.8, 4) is 0 Å². The maximum atomic E-state index is 5.48. The fourth-order valence-corrected chi connectivity index (χ4v) is 1.25. The number of hydrogen-bond donors (Lipinski definition) is 1. The van der Waals surface area contributed by atoms with Crippen LogP contribution in [-0.4, -0.2) is 29.2 Å². The highest BCUT2D eigenvalue weighted by atomic mass is 16.5. The van der Waals surface area contributed by atoms with Crippen LogP contribution in [0.3, 0.4) is 0 Å². The minimum Gasteiger partial charge on any atom is -0.372 e. The number of ether oxygens (including phenoxy) is 1. The van der Waals surface area contributed by atoms with E-state index in [4.69, 9.17) is 4.74 Å². The monoisotopic (exact) mass is 197 g/mol. The van der Waals surface area contributed by atoms with E-state index in [1.54, 1.807) is 0 Å². The molecular weight excluding hydrogens is 178 g/mol. The molecule has 0 saturated carbocycles. The zero-order valence-electron chi connectivity index (χ0n) is 8.99. The van der Waals surface area contributed by atoms with Crippen LogP contribution in [0.2, 0.25) is 0 Å². The Bertz CT molecular complexity index is 247. The van der Waals surface area contributed by atoms with Gasteiger partial charge in [-0.1, -0.05) is 6.92 Å².